The molecule has 1 aliphatic heterocycles. The summed E-state index contributed by atoms with van der Waals surface area (Å²) >= 11 is 0. The monoisotopic (exact) mass is 310 g/mol. The van der Waals surface area contributed by atoms with Gasteiger partial charge in [0.15, 0.2) is 0 Å². The molecule has 1 heterocycles. The molecular formula is C18H34N2O2. The molecule has 128 valence electrons. The lowest BCUT2D eigenvalue weighted by atomic mass is 9.91. The molecule has 2 fully saturated rings. The van der Waals surface area contributed by atoms with Crippen LogP contribution in [0.1, 0.15) is 79.1 Å². The van der Waals surface area contributed by atoms with Crippen LogP contribution >= 0.6 is 0 Å². The highest BCUT2D eigenvalue weighted by Gasteiger charge is 2.31. The maximum Gasteiger partial charge on any atom is 0.410 e. The van der Waals surface area contributed by atoms with Gasteiger partial charge in [0.1, 0.15) is 5.60 Å². The first-order chi connectivity index (χ1) is 10.3. The van der Waals surface area contributed by atoms with Gasteiger partial charge >= 0.3 is 6.09 Å². The third-order valence-corrected chi connectivity index (χ3v) is 4.76. The molecule has 0 aromatic heterocycles. The molecule has 4 nitrogen and oxygen atoms in total. The normalized spacial score (nSPS) is 25.3. The molecule has 0 aromatic rings. The molecule has 4 heteroatoms. The minimum absolute atomic E-state index is 0.129. The highest BCUT2D eigenvalue weighted by atomic mass is 16.6. The second-order valence-corrected chi connectivity index (χ2v) is 8.11. The molecule has 2 unspecified atom stereocenters. The van der Waals surface area contributed by atoms with Crippen molar-refractivity contribution in [3.8, 4) is 0 Å². The molecule has 1 amide bonds. The number of rotatable bonds is 4. The summed E-state index contributed by atoms with van der Waals surface area (Å²) < 4.78 is 5.62. The average Bonchev–Trinajstić information content (AvgIpc) is 2.57. The third-order valence-electron chi connectivity index (χ3n) is 4.76. The largest absolute Gasteiger partial charge is 0.444 e. The van der Waals surface area contributed by atoms with Gasteiger partial charge in [-0.1, -0.05) is 19.3 Å². The van der Waals surface area contributed by atoms with E-state index in [1.807, 2.05) is 25.7 Å². The van der Waals surface area contributed by atoms with Crippen molar-refractivity contribution in [3.63, 3.8) is 0 Å². The van der Waals surface area contributed by atoms with Gasteiger partial charge in [0.05, 0.1) is 0 Å². The van der Waals surface area contributed by atoms with E-state index < -0.39 is 5.60 Å². The van der Waals surface area contributed by atoms with Crippen LogP contribution < -0.4 is 5.32 Å². The van der Waals surface area contributed by atoms with Gasteiger partial charge in [0, 0.05) is 24.7 Å². The number of nitrogens with zero attached hydrogens (tertiary/aromatic N) is 1. The molecule has 0 aromatic carbocycles. The Morgan fingerprint density at radius 1 is 1.18 bits per heavy atom. The van der Waals surface area contributed by atoms with E-state index >= 15 is 0 Å². The predicted molar refractivity (Wildman–Crippen MR) is 90.0 cm³/mol. The number of hydrogen-bond donors (Lipinski definition) is 1. The Morgan fingerprint density at radius 2 is 1.91 bits per heavy atom. The van der Waals surface area contributed by atoms with E-state index in [1.165, 1.54) is 32.1 Å². The van der Waals surface area contributed by atoms with Crippen molar-refractivity contribution < 1.29 is 9.53 Å². The summed E-state index contributed by atoms with van der Waals surface area (Å²) in [6.07, 6.45) is 9.54. The van der Waals surface area contributed by atoms with Crippen LogP contribution in [0, 0.1) is 0 Å². The van der Waals surface area contributed by atoms with Gasteiger partial charge in [-0.25, -0.2) is 4.79 Å². The summed E-state index contributed by atoms with van der Waals surface area (Å²) in [7, 11) is 0. The van der Waals surface area contributed by atoms with Gasteiger partial charge in [-0.15, -0.1) is 0 Å². The highest BCUT2D eigenvalue weighted by molar-refractivity contribution is 5.68. The Kier molecular flexibility index (Phi) is 6.13. The molecule has 1 aliphatic carbocycles. The number of ether oxygens (including phenoxy) is 1. The number of hydrogen-bond acceptors (Lipinski definition) is 3. The van der Waals surface area contributed by atoms with Crippen molar-refractivity contribution in [2.24, 2.45) is 0 Å². The fourth-order valence-electron chi connectivity index (χ4n) is 3.44. The van der Waals surface area contributed by atoms with E-state index in [4.69, 9.17) is 4.74 Å². The zero-order valence-electron chi connectivity index (χ0n) is 14.9. The average molecular weight is 310 g/mol. The Labute approximate surface area is 136 Å². The van der Waals surface area contributed by atoms with Gasteiger partial charge in [-0.05, 0) is 59.8 Å². The maximum atomic E-state index is 12.5. The molecule has 22 heavy (non-hydrogen) atoms. The van der Waals surface area contributed by atoms with Crippen LogP contribution in [0.3, 0.4) is 0 Å². The van der Waals surface area contributed by atoms with Crippen LogP contribution in [0.25, 0.3) is 0 Å². The first-order valence-corrected chi connectivity index (χ1v) is 9.11. The molecule has 2 atom stereocenters. The molecule has 0 spiro atoms. The summed E-state index contributed by atoms with van der Waals surface area (Å²) in [4.78, 5) is 14.5. The van der Waals surface area contributed by atoms with Gasteiger partial charge in [-0.2, -0.15) is 0 Å². The number of carbonyl (C=O) groups is 1. The van der Waals surface area contributed by atoms with Crippen LogP contribution in [0.15, 0.2) is 0 Å². The summed E-state index contributed by atoms with van der Waals surface area (Å²) in [6.45, 7) is 8.93. The second kappa shape index (κ2) is 7.67. The summed E-state index contributed by atoms with van der Waals surface area (Å²) in [6, 6.07) is 1.49. The zero-order chi connectivity index (χ0) is 16.2. The maximum absolute atomic E-state index is 12.5. The molecule has 1 N–H and O–H groups in total. The van der Waals surface area contributed by atoms with Crippen LogP contribution in [0.4, 0.5) is 4.79 Å². The molecule has 0 bridgehead atoms. The van der Waals surface area contributed by atoms with E-state index in [0.29, 0.717) is 18.1 Å². The quantitative estimate of drug-likeness (QED) is 0.850. The number of amides is 1. The van der Waals surface area contributed by atoms with Crippen LogP contribution in [0.5, 0.6) is 0 Å². The fraction of sp³-hybridized carbons (Fsp3) is 0.944. The van der Waals surface area contributed by atoms with E-state index in [1.54, 1.807) is 0 Å². The molecule has 1 saturated carbocycles. The van der Waals surface area contributed by atoms with Crippen molar-refractivity contribution in [2.75, 3.05) is 6.54 Å². The van der Waals surface area contributed by atoms with Crippen molar-refractivity contribution in [1.29, 1.82) is 0 Å². The molecule has 1 saturated heterocycles. The van der Waals surface area contributed by atoms with Crippen molar-refractivity contribution in [1.82, 2.24) is 10.2 Å². The number of likely N-dealkylation sites (tertiary alicyclic amines) is 1. The molecule has 2 rings (SSSR count). The first-order valence-electron chi connectivity index (χ1n) is 9.11. The van der Waals surface area contributed by atoms with Crippen molar-refractivity contribution >= 4 is 6.09 Å². The second-order valence-electron chi connectivity index (χ2n) is 8.11. The van der Waals surface area contributed by atoms with Crippen molar-refractivity contribution in [2.45, 2.75) is 103 Å². The smallest absolute Gasteiger partial charge is 0.410 e. The summed E-state index contributed by atoms with van der Waals surface area (Å²) in [5, 5.41) is 3.71. The summed E-state index contributed by atoms with van der Waals surface area (Å²) in [5.74, 6) is 0. The summed E-state index contributed by atoms with van der Waals surface area (Å²) in [5.41, 5.74) is -0.413. The van der Waals surface area contributed by atoms with Crippen molar-refractivity contribution in [3.05, 3.63) is 0 Å². The van der Waals surface area contributed by atoms with Gasteiger partial charge in [0.2, 0.25) is 0 Å². The minimum Gasteiger partial charge on any atom is -0.444 e. The number of carbonyl (C=O) groups excluding carboxylic acids is 1. The Morgan fingerprint density at radius 3 is 2.50 bits per heavy atom. The SMILES string of the molecule is CC(CC1CCCCCN1C(=O)OC(C)(C)C)NC1CCC1. The van der Waals surface area contributed by atoms with Gasteiger partial charge < -0.3 is 15.0 Å². The molecule has 0 radical (unpaired) electrons. The van der Waals surface area contributed by atoms with E-state index in [0.717, 1.165) is 25.8 Å². The third kappa shape index (κ3) is 5.45. The van der Waals surface area contributed by atoms with Crippen LogP contribution in [0.2, 0.25) is 0 Å². The minimum atomic E-state index is -0.413. The van der Waals surface area contributed by atoms with E-state index in [-0.39, 0.29) is 6.09 Å². The fourth-order valence-corrected chi connectivity index (χ4v) is 3.44. The van der Waals surface area contributed by atoms with Gasteiger partial charge in [-0.3, -0.25) is 0 Å². The lowest BCUT2D eigenvalue weighted by molar-refractivity contribution is 0.0148. The van der Waals surface area contributed by atoms with Gasteiger partial charge in [0.25, 0.3) is 0 Å². The Hall–Kier alpha value is -0.770. The zero-order valence-corrected chi connectivity index (χ0v) is 14.9. The topological polar surface area (TPSA) is 41.6 Å². The molecule has 2 aliphatic rings. The lowest BCUT2D eigenvalue weighted by Crippen LogP contribution is -2.48. The van der Waals surface area contributed by atoms with E-state index in [9.17, 15) is 4.79 Å². The van der Waals surface area contributed by atoms with Crippen LogP contribution in [-0.4, -0.2) is 41.3 Å². The Bertz CT molecular complexity index is 361. The number of nitrogens with one attached hydrogen (secondary N) is 1. The van der Waals surface area contributed by atoms with Crippen LogP contribution in [-0.2, 0) is 4.74 Å². The van der Waals surface area contributed by atoms with E-state index in [2.05, 4.69) is 12.2 Å². The lowest BCUT2D eigenvalue weighted by Gasteiger charge is -2.36. The molecular weight excluding hydrogens is 276 g/mol. The highest BCUT2D eigenvalue weighted by Crippen LogP contribution is 2.24. The predicted octanol–water partition coefficient (Wildman–Crippen LogP) is 4.09. The first kappa shape index (κ1) is 17.6. The standard InChI is InChI=1S/C18H34N2O2/c1-14(19-15-9-8-10-15)13-16-11-6-5-7-12-20(16)17(21)22-18(2,3)4/h14-16,19H,5-13H2,1-4H3. The Balaban J connectivity index is 1.92.